The van der Waals surface area contributed by atoms with Crippen LogP contribution in [-0.2, 0) is 4.79 Å². The van der Waals surface area contributed by atoms with Gasteiger partial charge in [-0.05, 0) is 18.1 Å². The summed E-state index contributed by atoms with van der Waals surface area (Å²) in [4.78, 5) is 22.9. The van der Waals surface area contributed by atoms with Gasteiger partial charge >= 0.3 is 0 Å². The Kier molecular flexibility index (Phi) is 4.74. The number of nitrogens with zero attached hydrogens (tertiary/aromatic N) is 3. The van der Waals surface area contributed by atoms with E-state index in [0.717, 1.165) is 37.0 Å². The summed E-state index contributed by atoms with van der Waals surface area (Å²) in [5.74, 6) is 1.23. The molecule has 0 radical (unpaired) electrons. The van der Waals surface area contributed by atoms with Crippen LogP contribution < -0.4 is 4.74 Å². The van der Waals surface area contributed by atoms with Gasteiger partial charge in [0.15, 0.2) is 0 Å². The molecule has 0 saturated carbocycles. The number of benzene rings is 1. The molecule has 0 N–H and O–H groups in total. The van der Waals surface area contributed by atoms with E-state index in [2.05, 4.69) is 23.8 Å². The van der Waals surface area contributed by atoms with Crippen molar-refractivity contribution in [2.75, 3.05) is 13.1 Å². The number of para-hydroxylation sites is 2. The summed E-state index contributed by atoms with van der Waals surface area (Å²) in [5.41, 5.74) is 1.71. The summed E-state index contributed by atoms with van der Waals surface area (Å²) in [6.45, 7) is 5.67. The number of carbonyl (C=O) groups is 1. The number of aromatic nitrogens is 2. The molecule has 1 aliphatic rings. The Bertz CT molecular complexity index is 679. The molecule has 0 aliphatic carbocycles. The smallest absolute Gasteiger partial charge is 0.233 e. The first kappa shape index (κ1) is 15.7. The zero-order valence-electron chi connectivity index (χ0n) is 13.7. The van der Waals surface area contributed by atoms with Gasteiger partial charge in [-0.3, -0.25) is 4.79 Å². The zero-order chi connectivity index (χ0) is 16.2. The van der Waals surface area contributed by atoms with Crippen LogP contribution in [0.5, 0.6) is 5.88 Å². The predicted octanol–water partition coefficient (Wildman–Crippen LogP) is 3.05. The van der Waals surface area contributed by atoms with E-state index in [1.165, 1.54) is 0 Å². The van der Waals surface area contributed by atoms with E-state index in [9.17, 15) is 4.79 Å². The van der Waals surface area contributed by atoms with Crippen molar-refractivity contribution in [3.05, 3.63) is 30.5 Å². The molecule has 0 bridgehead atoms. The molecule has 2 aromatic rings. The minimum absolute atomic E-state index is 0.105. The Morgan fingerprint density at radius 1 is 1.26 bits per heavy atom. The number of carbonyl (C=O) groups excluding carboxylic acids is 1. The minimum atomic E-state index is 0.105. The average Bonchev–Trinajstić information content (AvgIpc) is 2.55. The SMILES string of the molecule is CC(C)CC(=O)N1CCC(Oc2cnc3ccccc3n2)CC1. The number of rotatable bonds is 4. The van der Waals surface area contributed by atoms with Crippen molar-refractivity contribution in [1.29, 1.82) is 0 Å². The molecular formula is C18H23N3O2. The molecule has 5 heteroatoms. The van der Waals surface area contributed by atoms with E-state index in [0.29, 0.717) is 18.2 Å². The maximum absolute atomic E-state index is 12.1. The highest BCUT2D eigenvalue weighted by Crippen LogP contribution is 2.20. The second-order valence-electron chi connectivity index (χ2n) is 6.49. The van der Waals surface area contributed by atoms with Crippen LogP contribution in [0.1, 0.15) is 33.1 Å². The highest BCUT2D eigenvalue weighted by molar-refractivity contribution is 5.76. The van der Waals surface area contributed by atoms with E-state index in [4.69, 9.17) is 4.74 Å². The van der Waals surface area contributed by atoms with Gasteiger partial charge < -0.3 is 9.64 Å². The van der Waals surface area contributed by atoms with Gasteiger partial charge in [-0.1, -0.05) is 26.0 Å². The second-order valence-corrected chi connectivity index (χ2v) is 6.49. The number of hydrogen-bond acceptors (Lipinski definition) is 4. The van der Waals surface area contributed by atoms with Crippen molar-refractivity contribution >= 4 is 16.9 Å². The molecule has 1 aromatic heterocycles. The fourth-order valence-electron chi connectivity index (χ4n) is 2.87. The lowest BCUT2D eigenvalue weighted by atomic mass is 10.1. The normalized spacial score (nSPS) is 16.0. The molecule has 0 unspecified atom stereocenters. The van der Waals surface area contributed by atoms with E-state index in [1.54, 1.807) is 6.20 Å². The summed E-state index contributed by atoms with van der Waals surface area (Å²) in [6.07, 6.45) is 4.10. The van der Waals surface area contributed by atoms with Gasteiger partial charge in [-0.25, -0.2) is 9.97 Å². The predicted molar refractivity (Wildman–Crippen MR) is 89.2 cm³/mol. The standard InChI is InChI=1S/C18H23N3O2/c1-13(2)11-18(22)21-9-7-14(8-10-21)23-17-12-19-15-5-3-4-6-16(15)20-17/h3-6,12-14H,7-11H2,1-2H3. The summed E-state index contributed by atoms with van der Waals surface area (Å²) in [6, 6.07) is 7.76. The topological polar surface area (TPSA) is 55.3 Å². The minimum Gasteiger partial charge on any atom is -0.473 e. The first-order valence-corrected chi connectivity index (χ1v) is 8.28. The summed E-state index contributed by atoms with van der Waals surface area (Å²) >= 11 is 0. The van der Waals surface area contributed by atoms with Crippen molar-refractivity contribution in [1.82, 2.24) is 14.9 Å². The van der Waals surface area contributed by atoms with Crippen LogP contribution in [-0.4, -0.2) is 40.0 Å². The Morgan fingerprint density at radius 3 is 2.65 bits per heavy atom. The lowest BCUT2D eigenvalue weighted by Gasteiger charge is -2.32. The number of hydrogen-bond donors (Lipinski definition) is 0. The Balaban J connectivity index is 1.56. The molecule has 1 saturated heterocycles. The van der Waals surface area contributed by atoms with E-state index in [1.807, 2.05) is 29.2 Å². The summed E-state index contributed by atoms with van der Waals surface area (Å²) in [5, 5.41) is 0. The summed E-state index contributed by atoms with van der Waals surface area (Å²) in [7, 11) is 0. The second kappa shape index (κ2) is 6.94. The van der Waals surface area contributed by atoms with Crippen molar-refractivity contribution in [2.24, 2.45) is 5.92 Å². The molecule has 23 heavy (non-hydrogen) atoms. The molecule has 5 nitrogen and oxygen atoms in total. The van der Waals surface area contributed by atoms with Crippen LogP contribution >= 0.6 is 0 Å². The highest BCUT2D eigenvalue weighted by Gasteiger charge is 2.24. The third-order valence-corrected chi connectivity index (χ3v) is 4.09. The molecule has 0 spiro atoms. The van der Waals surface area contributed by atoms with Crippen molar-refractivity contribution in [2.45, 2.75) is 39.2 Å². The fraction of sp³-hybridized carbons (Fsp3) is 0.500. The highest BCUT2D eigenvalue weighted by atomic mass is 16.5. The molecule has 2 heterocycles. The van der Waals surface area contributed by atoms with Crippen LogP contribution in [0.3, 0.4) is 0 Å². The largest absolute Gasteiger partial charge is 0.473 e. The maximum Gasteiger partial charge on any atom is 0.233 e. The average molecular weight is 313 g/mol. The molecule has 122 valence electrons. The summed E-state index contributed by atoms with van der Waals surface area (Å²) < 4.78 is 5.96. The molecule has 3 rings (SSSR count). The Morgan fingerprint density at radius 2 is 1.96 bits per heavy atom. The van der Waals surface area contributed by atoms with E-state index >= 15 is 0 Å². The van der Waals surface area contributed by atoms with Crippen LogP contribution in [0.15, 0.2) is 30.5 Å². The molecular weight excluding hydrogens is 290 g/mol. The van der Waals surface area contributed by atoms with E-state index < -0.39 is 0 Å². The third-order valence-electron chi connectivity index (χ3n) is 4.09. The first-order valence-electron chi connectivity index (χ1n) is 8.28. The van der Waals surface area contributed by atoms with Gasteiger partial charge in [0, 0.05) is 32.4 Å². The van der Waals surface area contributed by atoms with E-state index in [-0.39, 0.29) is 12.0 Å². The number of ether oxygens (including phenoxy) is 1. The van der Waals surface area contributed by atoms with Crippen molar-refractivity contribution in [3.63, 3.8) is 0 Å². The number of fused-ring (bicyclic) bond motifs is 1. The van der Waals surface area contributed by atoms with Crippen LogP contribution in [0.4, 0.5) is 0 Å². The van der Waals surface area contributed by atoms with Crippen molar-refractivity contribution in [3.8, 4) is 5.88 Å². The zero-order valence-corrected chi connectivity index (χ0v) is 13.7. The molecule has 1 amide bonds. The lowest BCUT2D eigenvalue weighted by molar-refractivity contribution is -0.133. The first-order chi connectivity index (χ1) is 11.1. The van der Waals surface area contributed by atoms with Gasteiger partial charge in [0.1, 0.15) is 6.10 Å². The van der Waals surface area contributed by atoms with Gasteiger partial charge in [0.2, 0.25) is 11.8 Å². The van der Waals surface area contributed by atoms with Crippen molar-refractivity contribution < 1.29 is 9.53 Å². The van der Waals surface area contributed by atoms with Gasteiger partial charge in [0.25, 0.3) is 0 Å². The maximum atomic E-state index is 12.1. The number of amides is 1. The van der Waals surface area contributed by atoms with Gasteiger partial charge in [-0.2, -0.15) is 0 Å². The van der Waals surface area contributed by atoms with Gasteiger partial charge in [0.05, 0.1) is 17.2 Å². The monoisotopic (exact) mass is 313 g/mol. The van der Waals surface area contributed by atoms with Crippen LogP contribution in [0.25, 0.3) is 11.0 Å². The number of likely N-dealkylation sites (tertiary alicyclic amines) is 1. The van der Waals surface area contributed by atoms with Crippen LogP contribution in [0, 0.1) is 5.92 Å². The Labute approximate surface area is 136 Å². The fourth-order valence-corrected chi connectivity index (χ4v) is 2.87. The quantitative estimate of drug-likeness (QED) is 0.870. The molecule has 1 aromatic carbocycles. The number of piperidine rings is 1. The molecule has 1 aliphatic heterocycles. The molecule has 1 fully saturated rings. The molecule has 0 atom stereocenters. The lowest BCUT2D eigenvalue weighted by Crippen LogP contribution is -2.42. The van der Waals surface area contributed by atoms with Gasteiger partial charge in [-0.15, -0.1) is 0 Å². The third kappa shape index (κ3) is 3.97. The van der Waals surface area contributed by atoms with Crippen LogP contribution in [0.2, 0.25) is 0 Å². The Hall–Kier alpha value is -2.17.